The molecule has 2 amide bonds. The number of aliphatic hydroxyl groups excluding tert-OH is 1. The molecule has 0 bridgehead atoms. The molecule has 194 valence electrons. The lowest BCUT2D eigenvalue weighted by molar-refractivity contribution is 0.0421. The normalized spacial score (nSPS) is 20.8. The fraction of sp³-hybridized carbons (Fsp3) is 0.286. The summed E-state index contributed by atoms with van der Waals surface area (Å²) < 4.78 is 28.1. The van der Waals surface area contributed by atoms with Gasteiger partial charge in [-0.15, -0.1) is 0 Å². The summed E-state index contributed by atoms with van der Waals surface area (Å²) in [4.78, 5) is 25.2. The Morgan fingerprint density at radius 1 is 1.08 bits per heavy atom. The van der Waals surface area contributed by atoms with Crippen LogP contribution in [-0.4, -0.2) is 47.8 Å². The largest absolute Gasteiger partial charge is 0.391 e. The Morgan fingerprint density at radius 3 is 2.35 bits per heavy atom. The molecule has 1 aliphatic rings. The number of halogens is 2. The first-order valence-electron chi connectivity index (χ1n) is 11.9. The Morgan fingerprint density at radius 2 is 1.73 bits per heavy atom. The van der Waals surface area contributed by atoms with Crippen molar-refractivity contribution in [1.29, 1.82) is 0 Å². The molecule has 0 aliphatic carbocycles. The molecule has 1 unspecified atom stereocenters. The van der Waals surface area contributed by atoms with Gasteiger partial charge >= 0.3 is 0 Å². The summed E-state index contributed by atoms with van der Waals surface area (Å²) in [6.45, 7) is 0.153. The minimum Gasteiger partial charge on any atom is -0.391 e. The number of carbonyl (C=O) groups is 2. The van der Waals surface area contributed by atoms with Crippen LogP contribution in [0.2, 0.25) is 0 Å². The molecule has 7 nitrogen and oxygen atoms in total. The van der Waals surface area contributed by atoms with Gasteiger partial charge < -0.3 is 26.6 Å². The molecule has 9 heteroatoms. The predicted molar refractivity (Wildman–Crippen MR) is 134 cm³/mol. The van der Waals surface area contributed by atoms with Gasteiger partial charge in [-0.25, -0.2) is 8.78 Å². The average molecular weight is 510 g/mol. The molecular formula is C28H29F2N3O4. The summed E-state index contributed by atoms with van der Waals surface area (Å²) in [5.74, 6) is -3.90. The number of aliphatic hydroxyl groups is 2. The molecule has 0 spiro atoms. The molecule has 3 aromatic rings. The number of primary amides is 1. The second-order valence-electron chi connectivity index (χ2n) is 9.38. The molecule has 0 saturated carbocycles. The number of amides is 2. The van der Waals surface area contributed by atoms with Gasteiger partial charge in [-0.1, -0.05) is 36.4 Å². The topological polar surface area (TPSA) is 125 Å². The standard InChI is InChI=1S/C28H29F2N3O4/c1-32-27(36)21-9-5-8-20(26(31)35)24(21)22(12-16-10-18(29)13-19(30)11-16)25(34)23-14-28(37,15-33-23)17-6-3-2-4-7-17/h2-11,13,22-23,25,33-34,37H,12,14-15H2,1H3,(H2,31,35)(H,32,36)/t22-,23+,25+,28?/m0/s1. The van der Waals surface area contributed by atoms with E-state index in [0.717, 1.165) is 18.2 Å². The molecule has 4 atom stereocenters. The minimum absolute atomic E-state index is 0.0124. The molecule has 1 aliphatic heterocycles. The van der Waals surface area contributed by atoms with Gasteiger partial charge in [-0.3, -0.25) is 9.59 Å². The van der Waals surface area contributed by atoms with E-state index in [9.17, 15) is 28.6 Å². The first kappa shape index (κ1) is 26.4. The van der Waals surface area contributed by atoms with Crippen molar-refractivity contribution >= 4 is 11.8 Å². The SMILES string of the molecule is CNC(=O)c1cccc(C(N)=O)c1[C@H](Cc1cc(F)cc(F)c1)[C@@H](O)[C@H]1CC(O)(c2ccccc2)CN1. The summed E-state index contributed by atoms with van der Waals surface area (Å²) in [5.41, 5.74) is 5.56. The molecule has 0 radical (unpaired) electrons. The maximum absolute atomic E-state index is 14.1. The highest BCUT2D eigenvalue weighted by Gasteiger charge is 2.44. The van der Waals surface area contributed by atoms with Crippen molar-refractivity contribution < 1.29 is 28.6 Å². The van der Waals surface area contributed by atoms with E-state index < -0.39 is 47.1 Å². The highest BCUT2D eigenvalue weighted by Crippen LogP contribution is 2.38. The van der Waals surface area contributed by atoms with Crippen molar-refractivity contribution in [2.75, 3.05) is 13.6 Å². The van der Waals surface area contributed by atoms with E-state index in [1.165, 1.54) is 25.2 Å². The molecule has 6 N–H and O–H groups in total. The Labute approximate surface area is 213 Å². The maximum Gasteiger partial charge on any atom is 0.251 e. The second kappa shape index (κ2) is 10.8. The number of benzene rings is 3. The molecule has 1 saturated heterocycles. The summed E-state index contributed by atoms with van der Waals surface area (Å²) in [5, 5.41) is 28.7. The summed E-state index contributed by atoms with van der Waals surface area (Å²) in [7, 11) is 1.43. The Hall–Kier alpha value is -3.66. The summed E-state index contributed by atoms with van der Waals surface area (Å²) in [6.07, 6.45) is -1.25. The second-order valence-corrected chi connectivity index (χ2v) is 9.38. The molecule has 37 heavy (non-hydrogen) atoms. The molecular weight excluding hydrogens is 480 g/mol. The zero-order valence-corrected chi connectivity index (χ0v) is 20.2. The van der Waals surface area contributed by atoms with Crippen LogP contribution in [0.3, 0.4) is 0 Å². The molecule has 3 aromatic carbocycles. The number of carbonyl (C=O) groups excluding carboxylic acids is 2. The fourth-order valence-electron chi connectivity index (χ4n) is 5.19. The van der Waals surface area contributed by atoms with Crippen molar-refractivity contribution in [2.24, 2.45) is 5.73 Å². The van der Waals surface area contributed by atoms with Crippen molar-refractivity contribution in [3.8, 4) is 0 Å². The van der Waals surface area contributed by atoms with E-state index in [1.54, 1.807) is 24.3 Å². The van der Waals surface area contributed by atoms with E-state index in [4.69, 9.17) is 5.73 Å². The van der Waals surface area contributed by atoms with Crippen LogP contribution in [0.25, 0.3) is 0 Å². The smallest absolute Gasteiger partial charge is 0.251 e. The highest BCUT2D eigenvalue weighted by atomic mass is 19.1. The van der Waals surface area contributed by atoms with E-state index >= 15 is 0 Å². The number of nitrogens with two attached hydrogens (primary N) is 1. The summed E-state index contributed by atoms with van der Waals surface area (Å²) >= 11 is 0. The highest BCUT2D eigenvalue weighted by molar-refractivity contribution is 6.02. The van der Waals surface area contributed by atoms with Gasteiger partial charge in [0.2, 0.25) is 5.91 Å². The van der Waals surface area contributed by atoms with Gasteiger partial charge in [0.15, 0.2) is 0 Å². The van der Waals surface area contributed by atoms with Crippen molar-refractivity contribution in [1.82, 2.24) is 10.6 Å². The molecule has 4 rings (SSSR count). The van der Waals surface area contributed by atoms with Crippen LogP contribution in [0.15, 0.2) is 66.7 Å². The third kappa shape index (κ3) is 5.53. The van der Waals surface area contributed by atoms with Crippen LogP contribution in [-0.2, 0) is 12.0 Å². The lowest BCUT2D eigenvalue weighted by Gasteiger charge is -2.31. The zero-order chi connectivity index (χ0) is 26.7. The lowest BCUT2D eigenvalue weighted by Crippen LogP contribution is -2.41. The zero-order valence-electron chi connectivity index (χ0n) is 20.2. The van der Waals surface area contributed by atoms with Crippen LogP contribution < -0.4 is 16.4 Å². The van der Waals surface area contributed by atoms with Gasteiger partial charge in [0.25, 0.3) is 5.91 Å². The number of β-amino-alcohol motifs (C(OH)–C–C–N with tert-alkyl or cyclic N) is 1. The van der Waals surface area contributed by atoms with Crippen LogP contribution in [0.4, 0.5) is 8.78 Å². The van der Waals surface area contributed by atoms with Gasteiger partial charge in [-0.2, -0.15) is 0 Å². The van der Waals surface area contributed by atoms with E-state index in [2.05, 4.69) is 10.6 Å². The van der Waals surface area contributed by atoms with Crippen LogP contribution >= 0.6 is 0 Å². The van der Waals surface area contributed by atoms with Gasteiger partial charge in [0.05, 0.1) is 6.10 Å². The Kier molecular flexibility index (Phi) is 7.68. The first-order chi connectivity index (χ1) is 17.6. The van der Waals surface area contributed by atoms with Crippen molar-refractivity contribution in [3.05, 3.63) is 106 Å². The monoisotopic (exact) mass is 509 g/mol. The number of rotatable bonds is 8. The van der Waals surface area contributed by atoms with E-state index in [1.807, 2.05) is 6.07 Å². The third-order valence-corrected chi connectivity index (χ3v) is 6.94. The van der Waals surface area contributed by atoms with Gasteiger partial charge in [0, 0.05) is 42.7 Å². The predicted octanol–water partition coefficient (Wildman–Crippen LogP) is 2.36. The quantitative estimate of drug-likeness (QED) is 0.319. The number of hydrogen-bond donors (Lipinski definition) is 5. The van der Waals surface area contributed by atoms with Crippen LogP contribution in [0.5, 0.6) is 0 Å². The molecule has 0 aromatic heterocycles. The molecule has 1 heterocycles. The van der Waals surface area contributed by atoms with Crippen LogP contribution in [0.1, 0.15) is 49.7 Å². The number of hydrogen-bond acceptors (Lipinski definition) is 5. The fourth-order valence-corrected chi connectivity index (χ4v) is 5.19. The maximum atomic E-state index is 14.1. The number of nitrogens with one attached hydrogen (secondary N) is 2. The molecule has 1 fully saturated rings. The Balaban J connectivity index is 1.80. The van der Waals surface area contributed by atoms with Gasteiger partial charge in [-0.05, 0) is 53.8 Å². The average Bonchev–Trinajstić information content (AvgIpc) is 3.29. The van der Waals surface area contributed by atoms with E-state index in [0.29, 0.717) is 5.56 Å². The Bertz CT molecular complexity index is 1280. The van der Waals surface area contributed by atoms with E-state index in [-0.39, 0.29) is 41.6 Å². The van der Waals surface area contributed by atoms with Crippen LogP contribution in [0, 0.1) is 11.6 Å². The third-order valence-electron chi connectivity index (χ3n) is 6.94. The van der Waals surface area contributed by atoms with Crippen molar-refractivity contribution in [2.45, 2.75) is 36.5 Å². The first-order valence-corrected chi connectivity index (χ1v) is 11.9. The van der Waals surface area contributed by atoms with Crippen molar-refractivity contribution in [3.63, 3.8) is 0 Å². The lowest BCUT2D eigenvalue weighted by atomic mass is 9.78. The minimum atomic E-state index is -1.27. The van der Waals surface area contributed by atoms with Gasteiger partial charge in [0.1, 0.15) is 17.2 Å². The summed E-state index contributed by atoms with van der Waals surface area (Å²) in [6, 6.07) is 15.8.